The Labute approximate surface area is 102 Å². The molecule has 0 aliphatic carbocycles. The van der Waals surface area contributed by atoms with Crippen LogP contribution in [0, 0.1) is 25.2 Å². The molecule has 1 fully saturated rings. The largest absolute Gasteiger partial charge is 0.394 e. The Morgan fingerprint density at radius 1 is 1.59 bits per heavy atom. The van der Waals surface area contributed by atoms with Crippen LogP contribution >= 0.6 is 0 Å². The number of nitrogens with zero attached hydrogens (tertiary/aromatic N) is 3. The average Bonchev–Trinajstić information content (AvgIpc) is 2.75. The molecule has 1 unspecified atom stereocenters. The highest BCUT2D eigenvalue weighted by atomic mass is 16.3. The van der Waals surface area contributed by atoms with E-state index in [-0.39, 0.29) is 12.6 Å². The topological polar surface area (TPSA) is 60.1 Å². The van der Waals surface area contributed by atoms with Crippen molar-refractivity contribution in [1.29, 1.82) is 5.26 Å². The molecule has 90 valence electrons. The molecule has 0 spiro atoms. The van der Waals surface area contributed by atoms with Gasteiger partial charge in [0.15, 0.2) is 0 Å². The van der Waals surface area contributed by atoms with Crippen molar-refractivity contribution in [1.82, 2.24) is 4.98 Å². The van der Waals surface area contributed by atoms with Gasteiger partial charge in [0, 0.05) is 12.2 Å². The number of aliphatic hydroxyl groups excluding tert-OH is 1. The van der Waals surface area contributed by atoms with Gasteiger partial charge in [0.25, 0.3) is 0 Å². The van der Waals surface area contributed by atoms with E-state index in [0.717, 1.165) is 36.5 Å². The molecule has 1 aliphatic rings. The third-order valence-corrected chi connectivity index (χ3v) is 3.32. The monoisotopic (exact) mass is 231 g/mol. The van der Waals surface area contributed by atoms with Gasteiger partial charge in [-0.2, -0.15) is 5.26 Å². The van der Waals surface area contributed by atoms with Gasteiger partial charge in [-0.1, -0.05) is 0 Å². The van der Waals surface area contributed by atoms with E-state index in [4.69, 9.17) is 0 Å². The van der Waals surface area contributed by atoms with Gasteiger partial charge in [-0.25, -0.2) is 0 Å². The molecule has 2 heterocycles. The summed E-state index contributed by atoms with van der Waals surface area (Å²) in [7, 11) is 0. The zero-order chi connectivity index (χ0) is 12.4. The summed E-state index contributed by atoms with van der Waals surface area (Å²) in [6, 6.07) is 4.31. The van der Waals surface area contributed by atoms with E-state index in [2.05, 4.69) is 16.0 Å². The van der Waals surface area contributed by atoms with Gasteiger partial charge in [0.2, 0.25) is 0 Å². The minimum absolute atomic E-state index is 0.142. The lowest BCUT2D eigenvalue weighted by atomic mass is 10.1. The zero-order valence-corrected chi connectivity index (χ0v) is 10.3. The van der Waals surface area contributed by atoms with Crippen molar-refractivity contribution in [3.8, 4) is 6.07 Å². The maximum Gasteiger partial charge on any atom is 0.103 e. The Hall–Kier alpha value is -1.60. The number of aliphatic hydroxyl groups is 1. The minimum atomic E-state index is 0.142. The van der Waals surface area contributed by atoms with Crippen LogP contribution in [0.1, 0.15) is 29.8 Å². The van der Waals surface area contributed by atoms with Crippen molar-refractivity contribution >= 4 is 5.69 Å². The van der Waals surface area contributed by atoms with Gasteiger partial charge in [-0.3, -0.25) is 4.98 Å². The molecule has 17 heavy (non-hydrogen) atoms. The zero-order valence-electron chi connectivity index (χ0n) is 10.3. The highest BCUT2D eigenvalue weighted by molar-refractivity contribution is 5.62. The molecule has 0 amide bonds. The summed E-state index contributed by atoms with van der Waals surface area (Å²) in [5.74, 6) is 0. The molecule has 2 rings (SSSR count). The number of anilines is 1. The van der Waals surface area contributed by atoms with Crippen molar-refractivity contribution in [2.45, 2.75) is 32.7 Å². The van der Waals surface area contributed by atoms with Crippen LogP contribution in [-0.2, 0) is 0 Å². The van der Waals surface area contributed by atoms with Gasteiger partial charge < -0.3 is 10.0 Å². The average molecular weight is 231 g/mol. The molecule has 1 aliphatic heterocycles. The van der Waals surface area contributed by atoms with Crippen molar-refractivity contribution < 1.29 is 5.11 Å². The summed E-state index contributed by atoms with van der Waals surface area (Å²) in [5.41, 5.74) is 3.25. The first-order valence-electron chi connectivity index (χ1n) is 5.93. The summed E-state index contributed by atoms with van der Waals surface area (Å²) < 4.78 is 0. The van der Waals surface area contributed by atoms with Gasteiger partial charge >= 0.3 is 0 Å². The maximum atomic E-state index is 9.36. The SMILES string of the molecule is Cc1cc(N2CCCC2CO)c(C#N)c(C)n1. The number of aromatic nitrogens is 1. The van der Waals surface area contributed by atoms with E-state index in [1.165, 1.54) is 0 Å². The molecule has 0 aromatic carbocycles. The summed E-state index contributed by atoms with van der Waals surface area (Å²) in [6.07, 6.45) is 2.05. The summed E-state index contributed by atoms with van der Waals surface area (Å²) in [4.78, 5) is 6.45. The number of nitriles is 1. The Balaban J connectivity index is 2.47. The van der Waals surface area contributed by atoms with Crippen LogP contribution in [0.25, 0.3) is 0 Å². The predicted octanol–water partition coefficient (Wildman–Crippen LogP) is 1.53. The predicted molar refractivity (Wildman–Crippen MR) is 65.9 cm³/mol. The Bertz CT molecular complexity index is 464. The molecule has 1 aromatic rings. The van der Waals surface area contributed by atoms with E-state index in [1.807, 2.05) is 19.9 Å². The fraction of sp³-hybridized carbons (Fsp3) is 0.538. The molecule has 1 atom stereocenters. The quantitative estimate of drug-likeness (QED) is 0.838. The van der Waals surface area contributed by atoms with Crippen LogP contribution in [0.4, 0.5) is 5.69 Å². The minimum Gasteiger partial charge on any atom is -0.394 e. The van der Waals surface area contributed by atoms with Crippen molar-refractivity contribution in [3.05, 3.63) is 23.0 Å². The van der Waals surface area contributed by atoms with Crippen LogP contribution in [-0.4, -0.2) is 29.3 Å². The molecule has 1 aromatic heterocycles. The lowest BCUT2D eigenvalue weighted by Crippen LogP contribution is -2.33. The van der Waals surface area contributed by atoms with Crippen LogP contribution < -0.4 is 4.90 Å². The first-order chi connectivity index (χ1) is 8.17. The summed E-state index contributed by atoms with van der Waals surface area (Å²) in [6.45, 7) is 4.84. The lowest BCUT2D eigenvalue weighted by Gasteiger charge is -2.26. The van der Waals surface area contributed by atoms with Gasteiger partial charge in [-0.15, -0.1) is 0 Å². The molecule has 0 radical (unpaired) electrons. The van der Waals surface area contributed by atoms with E-state index in [9.17, 15) is 10.4 Å². The van der Waals surface area contributed by atoms with Crippen LogP contribution in [0.5, 0.6) is 0 Å². The van der Waals surface area contributed by atoms with Gasteiger partial charge in [0.1, 0.15) is 6.07 Å². The fourth-order valence-electron chi connectivity index (χ4n) is 2.52. The van der Waals surface area contributed by atoms with Crippen molar-refractivity contribution in [2.75, 3.05) is 18.1 Å². The van der Waals surface area contributed by atoms with Gasteiger partial charge in [-0.05, 0) is 32.8 Å². The normalized spacial score (nSPS) is 19.4. The third kappa shape index (κ3) is 2.11. The standard InChI is InChI=1S/C13H17N3O/c1-9-6-13(12(7-14)10(2)15-9)16-5-3-4-11(16)8-17/h6,11,17H,3-5,8H2,1-2H3. The number of hydrogen-bond acceptors (Lipinski definition) is 4. The second-order valence-corrected chi connectivity index (χ2v) is 4.53. The second-order valence-electron chi connectivity index (χ2n) is 4.53. The van der Waals surface area contributed by atoms with Crippen LogP contribution in [0.15, 0.2) is 6.07 Å². The van der Waals surface area contributed by atoms with Crippen molar-refractivity contribution in [3.63, 3.8) is 0 Å². The maximum absolute atomic E-state index is 9.36. The molecule has 0 bridgehead atoms. The number of hydrogen-bond donors (Lipinski definition) is 1. The summed E-state index contributed by atoms with van der Waals surface area (Å²) in [5, 5.41) is 18.6. The van der Waals surface area contributed by atoms with E-state index in [0.29, 0.717) is 5.56 Å². The number of pyridine rings is 1. The third-order valence-electron chi connectivity index (χ3n) is 3.32. The molecule has 1 saturated heterocycles. The Morgan fingerprint density at radius 2 is 2.35 bits per heavy atom. The summed E-state index contributed by atoms with van der Waals surface area (Å²) >= 11 is 0. The van der Waals surface area contributed by atoms with E-state index in [1.54, 1.807) is 0 Å². The fourth-order valence-corrected chi connectivity index (χ4v) is 2.52. The Morgan fingerprint density at radius 3 is 3.00 bits per heavy atom. The molecular weight excluding hydrogens is 214 g/mol. The van der Waals surface area contributed by atoms with Gasteiger partial charge in [0.05, 0.1) is 29.6 Å². The van der Waals surface area contributed by atoms with Crippen LogP contribution in [0.3, 0.4) is 0 Å². The highest BCUT2D eigenvalue weighted by Crippen LogP contribution is 2.29. The Kier molecular flexibility index (Phi) is 3.30. The second kappa shape index (κ2) is 4.72. The number of rotatable bonds is 2. The highest BCUT2D eigenvalue weighted by Gasteiger charge is 2.26. The first-order valence-corrected chi connectivity index (χ1v) is 5.93. The molecule has 1 N–H and O–H groups in total. The molecule has 0 saturated carbocycles. The lowest BCUT2D eigenvalue weighted by molar-refractivity contribution is 0.266. The van der Waals surface area contributed by atoms with E-state index >= 15 is 0 Å². The smallest absolute Gasteiger partial charge is 0.103 e. The van der Waals surface area contributed by atoms with Crippen LogP contribution in [0.2, 0.25) is 0 Å². The van der Waals surface area contributed by atoms with Crippen molar-refractivity contribution in [2.24, 2.45) is 0 Å². The molecule has 4 heteroatoms. The molecular formula is C13H17N3O. The number of aryl methyl sites for hydroxylation is 2. The van der Waals surface area contributed by atoms with E-state index < -0.39 is 0 Å². The molecule has 4 nitrogen and oxygen atoms in total. The first kappa shape index (κ1) is 11.9.